The summed E-state index contributed by atoms with van der Waals surface area (Å²) >= 11 is 0. The van der Waals surface area contributed by atoms with Crippen LogP contribution in [0.1, 0.15) is 25.8 Å². The van der Waals surface area contributed by atoms with E-state index in [2.05, 4.69) is 15.5 Å². The number of piperidine rings is 1. The summed E-state index contributed by atoms with van der Waals surface area (Å²) < 4.78 is 0. The SMILES string of the molecule is CCNC(=O)N1CCC(n2nccn2)CC1. The van der Waals surface area contributed by atoms with E-state index in [-0.39, 0.29) is 6.03 Å². The van der Waals surface area contributed by atoms with Crippen LogP contribution in [0, 0.1) is 0 Å². The van der Waals surface area contributed by atoms with Crippen molar-refractivity contribution in [1.29, 1.82) is 0 Å². The van der Waals surface area contributed by atoms with E-state index in [9.17, 15) is 4.79 Å². The average Bonchev–Trinajstić information content (AvgIpc) is 2.83. The normalized spacial score (nSPS) is 17.4. The lowest BCUT2D eigenvalue weighted by molar-refractivity contribution is 0.165. The first-order valence-corrected chi connectivity index (χ1v) is 5.70. The Hall–Kier alpha value is -1.59. The fraction of sp³-hybridized carbons (Fsp3) is 0.700. The molecule has 1 fully saturated rings. The maximum Gasteiger partial charge on any atom is 0.317 e. The highest BCUT2D eigenvalue weighted by molar-refractivity contribution is 5.74. The molecule has 0 unspecified atom stereocenters. The van der Waals surface area contributed by atoms with E-state index >= 15 is 0 Å². The van der Waals surface area contributed by atoms with Crippen LogP contribution in [0.5, 0.6) is 0 Å². The van der Waals surface area contributed by atoms with E-state index in [0.717, 1.165) is 25.9 Å². The number of amides is 2. The zero-order valence-corrected chi connectivity index (χ0v) is 9.46. The Bertz CT molecular complexity index is 329. The maximum absolute atomic E-state index is 11.6. The quantitative estimate of drug-likeness (QED) is 0.800. The van der Waals surface area contributed by atoms with Crippen molar-refractivity contribution in [3.05, 3.63) is 12.4 Å². The standard InChI is InChI=1S/C10H17N5O/c1-2-11-10(16)14-7-3-9(4-8-14)15-12-5-6-13-15/h5-6,9H,2-4,7-8H2,1H3,(H,11,16). The van der Waals surface area contributed by atoms with Gasteiger partial charge in [-0.1, -0.05) is 0 Å². The summed E-state index contributed by atoms with van der Waals surface area (Å²) in [5.41, 5.74) is 0. The Labute approximate surface area is 94.6 Å². The molecule has 0 radical (unpaired) electrons. The molecule has 0 aliphatic carbocycles. The van der Waals surface area contributed by atoms with Gasteiger partial charge in [0.2, 0.25) is 0 Å². The Morgan fingerprint density at radius 1 is 1.38 bits per heavy atom. The predicted octanol–water partition coefficient (Wildman–Crippen LogP) is 0.644. The van der Waals surface area contributed by atoms with Gasteiger partial charge in [0.15, 0.2) is 0 Å². The van der Waals surface area contributed by atoms with Crippen LogP contribution in [0.3, 0.4) is 0 Å². The first-order valence-electron chi connectivity index (χ1n) is 5.70. The number of carbonyl (C=O) groups is 1. The highest BCUT2D eigenvalue weighted by Gasteiger charge is 2.24. The molecule has 1 aromatic rings. The van der Waals surface area contributed by atoms with Crippen molar-refractivity contribution in [2.24, 2.45) is 0 Å². The molecule has 1 saturated heterocycles. The summed E-state index contributed by atoms with van der Waals surface area (Å²) in [7, 11) is 0. The number of rotatable bonds is 2. The van der Waals surface area contributed by atoms with Gasteiger partial charge in [-0.3, -0.25) is 0 Å². The smallest absolute Gasteiger partial charge is 0.317 e. The third kappa shape index (κ3) is 2.32. The van der Waals surface area contributed by atoms with E-state index in [4.69, 9.17) is 0 Å². The fourth-order valence-corrected chi connectivity index (χ4v) is 1.98. The molecule has 1 aliphatic heterocycles. The second kappa shape index (κ2) is 4.96. The summed E-state index contributed by atoms with van der Waals surface area (Å²) in [6.07, 6.45) is 5.23. The average molecular weight is 223 g/mol. The molecule has 0 saturated carbocycles. The minimum atomic E-state index is 0.0365. The molecule has 0 aromatic carbocycles. The predicted molar refractivity (Wildman–Crippen MR) is 58.9 cm³/mol. The minimum absolute atomic E-state index is 0.0365. The lowest BCUT2D eigenvalue weighted by Crippen LogP contribution is -2.44. The zero-order valence-electron chi connectivity index (χ0n) is 9.46. The number of aromatic nitrogens is 3. The first kappa shape index (κ1) is 10.9. The largest absolute Gasteiger partial charge is 0.338 e. The van der Waals surface area contributed by atoms with Gasteiger partial charge in [0, 0.05) is 19.6 Å². The molecule has 88 valence electrons. The topological polar surface area (TPSA) is 63.1 Å². The van der Waals surface area contributed by atoms with Crippen LogP contribution in [-0.4, -0.2) is 45.6 Å². The summed E-state index contributed by atoms with van der Waals surface area (Å²) in [6.45, 7) is 4.16. The monoisotopic (exact) mass is 223 g/mol. The minimum Gasteiger partial charge on any atom is -0.338 e. The van der Waals surface area contributed by atoms with Crippen molar-refractivity contribution in [1.82, 2.24) is 25.2 Å². The maximum atomic E-state index is 11.6. The van der Waals surface area contributed by atoms with Crippen LogP contribution < -0.4 is 5.32 Å². The lowest BCUT2D eigenvalue weighted by atomic mass is 10.1. The van der Waals surface area contributed by atoms with Gasteiger partial charge in [-0.2, -0.15) is 15.0 Å². The molecule has 2 rings (SSSR count). The van der Waals surface area contributed by atoms with Gasteiger partial charge >= 0.3 is 6.03 Å². The van der Waals surface area contributed by atoms with Crippen LogP contribution in [0.2, 0.25) is 0 Å². The van der Waals surface area contributed by atoms with Gasteiger partial charge in [0.05, 0.1) is 18.4 Å². The van der Waals surface area contributed by atoms with Crippen molar-refractivity contribution in [3.8, 4) is 0 Å². The number of hydrogen-bond acceptors (Lipinski definition) is 3. The number of carbonyl (C=O) groups excluding carboxylic acids is 1. The number of hydrogen-bond donors (Lipinski definition) is 1. The molecule has 6 heteroatoms. The highest BCUT2D eigenvalue weighted by Crippen LogP contribution is 2.20. The van der Waals surface area contributed by atoms with Crippen molar-refractivity contribution in [3.63, 3.8) is 0 Å². The molecule has 0 atom stereocenters. The number of urea groups is 1. The molecule has 16 heavy (non-hydrogen) atoms. The Morgan fingerprint density at radius 3 is 2.56 bits per heavy atom. The number of likely N-dealkylation sites (tertiary alicyclic amines) is 1. The molecule has 1 aromatic heterocycles. The summed E-state index contributed by atoms with van der Waals surface area (Å²) in [5.74, 6) is 0. The van der Waals surface area contributed by atoms with Crippen LogP contribution >= 0.6 is 0 Å². The van der Waals surface area contributed by atoms with Crippen LogP contribution in [-0.2, 0) is 0 Å². The second-order valence-electron chi connectivity index (χ2n) is 3.90. The van der Waals surface area contributed by atoms with Gasteiger partial charge in [0.25, 0.3) is 0 Å². The van der Waals surface area contributed by atoms with Gasteiger partial charge in [-0.05, 0) is 19.8 Å². The summed E-state index contributed by atoms with van der Waals surface area (Å²) in [4.78, 5) is 15.2. The molecule has 1 N–H and O–H groups in total. The van der Waals surface area contributed by atoms with Crippen LogP contribution in [0.15, 0.2) is 12.4 Å². The van der Waals surface area contributed by atoms with Crippen molar-refractivity contribution in [2.45, 2.75) is 25.8 Å². The van der Waals surface area contributed by atoms with E-state index < -0.39 is 0 Å². The molecule has 2 amide bonds. The third-order valence-electron chi connectivity index (χ3n) is 2.84. The Kier molecular flexibility index (Phi) is 3.38. The second-order valence-corrected chi connectivity index (χ2v) is 3.90. The highest BCUT2D eigenvalue weighted by atomic mass is 16.2. The van der Waals surface area contributed by atoms with Gasteiger partial charge in [-0.25, -0.2) is 4.79 Å². The lowest BCUT2D eigenvalue weighted by Gasteiger charge is -2.31. The molecule has 0 spiro atoms. The molecular formula is C10H17N5O. The van der Waals surface area contributed by atoms with Gasteiger partial charge in [-0.15, -0.1) is 0 Å². The van der Waals surface area contributed by atoms with E-state index in [1.807, 2.05) is 11.8 Å². The molecular weight excluding hydrogens is 206 g/mol. The van der Waals surface area contributed by atoms with Crippen molar-refractivity contribution >= 4 is 6.03 Å². The Morgan fingerprint density at radius 2 is 2.00 bits per heavy atom. The van der Waals surface area contributed by atoms with Crippen molar-refractivity contribution < 1.29 is 4.79 Å². The van der Waals surface area contributed by atoms with Crippen LogP contribution in [0.25, 0.3) is 0 Å². The third-order valence-corrected chi connectivity index (χ3v) is 2.84. The van der Waals surface area contributed by atoms with E-state index in [1.165, 1.54) is 0 Å². The Balaban J connectivity index is 1.85. The van der Waals surface area contributed by atoms with E-state index in [1.54, 1.807) is 17.2 Å². The van der Waals surface area contributed by atoms with Gasteiger partial charge < -0.3 is 10.2 Å². The molecule has 1 aliphatic rings. The molecule has 0 bridgehead atoms. The molecule has 6 nitrogen and oxygen atoms in total. The number of nitrogens with zero attached hydrogens (tertiary/aromatic N) is 4. The summed E-state index contributed by atoms with van der Waals surface area (Å²) in [6, 6.07) is 0.370. The van der Waals surface area contributed by atoms with Crippen molar-refractivity contribution in [2.75, 3.05) is 19.6 Å². The fourth-order valence-electron chi connectivity index (χ4n) is 1.98. The zero-order chi connectivity index (χ0) is 11.4. The van der Waals surface area contributed by atoms with Gasteiger partial charge in [0.1, 0.15) is 0 Å². The van der Waals surface area contributed by atoms with E-state index in [0.29, 0.717) is 12.6 Å². The number of nitrogens with one attached hydrogen (secondary N) is 1. The molecule has 2 heterocycles. The first-order chi connectivity index (χ1) is 7.81. The van der Waals surface area contributed by atoms with Crippen LogP contribution in [0.4, 0.5) is 4.79 Å². The summed E-state index contributed by atoms with van der Waals surface area (Å²) in [5, 5.41) is 11.1.